The molecule has 0 fully saturated rings. The molecule has 1 N–H and O–H groups in total. The zero-order valence-electron chi connectivity index (χ0n) is 14.1. The van der Waals surface area contributed by atoms with Gasteiger partial charge in [-0.15, -0.1) is 0 Å². The van der Waals surface area contributed by atoms with E-state index in [1.54, 1.807) is 16.7 Å². The number of hydrogen-bond donors (Lipinski definition) is 1. The van der Waals surface area contributed by atoms with Crippen molar-refractivity contribution < 1.29 is 4.79 Å². The van der Waals surface area contributed by atoms with Crippen LogP contribution in [0.3, 0.4) is 0 Å². The van der Waals surface area contributed by atoms with Crippen LogP contribution in [-0.2, 0) is 0 Å². The quantitative estimate of drug-likeness (QED) is 0.595. The molecule has 0 aromatic heterocycles. The molecule has 3 nitrogen and oxygen atoms in total. The number of rotatable bonds is 6. The number of thioether (sulfide) groups is 1. The van der Waals surface area contributed by atoms with E-state index in [1.807, 2.05) is 54.2 Å². The van der Waals surface area contributed by atoms with Gasteiger partial charge in [-0.1, -0.05) is 48.8 Å². The predicted molar refractivity (Wildman–Crippen MR) is 110 cm³/mol. The summed E-state index contributed by atoms with van der Waals surface area (Å²) in [5.41, 5.74) is 1.74. The summed E-state index contributed by atoms with van der Waals surface area (Å²) in [4.78, 5) is 16.7. The number of benzene rings is 2. The number of urea groups is 1. The summed E-state index contributed by atoms with van der Waals surface area (Å²) in [6.07, 6.45) is 2.43. The third-order valence-corrected chi connectivity index (χ3v) is 6.29. The molecule has 0 radical (unpaired) electrons. The molecule has 3 rings (SSSR count). The van der Waals surface area contributed by atoms with Crippen LogP contribution in [0.5, 0.6) is 0 Å². The molecule has 1 heterocycles. The largest absolute Gasteiger partial charge is 0.337 e. The van der Waals surface area contributed by atoms with Crippen LogP contribution in [0.1, 0.15) is 19.8 Å². The maximum atomic E-state index is 12.9. The highest BCUT2D eigenvalue weighted by molar-refractivity contribution is 7.99. The summed E-state index contributed by atoms with van der Waals surface area (Å²) in [5, 5.41) is 3.68. The van der Waals surface area contributed by atoms with Gasteiger partial charge < -0.3 is 5.32 Å². The predicted octanol–water partition coefficient (Wildman–Crippen LogP) is 6.19. The van der Waals surface area contributed by atoms with Gasteiger partial charge in [0, 0.05) is 27.1 Å². The Kier molecular flexibility index (Phi) is 6.57. The average Bonchev–Trinajstić information content (AvgIpc) is 2.62. The number of para-hydroxylation sites is 1. The number of carbonyl (C=O) groups excluding carboxylic acids is 1. The van der Waals surface area contributed by atoms with Crippen molar-refractivity contribution in [2.45, 2.75) is 29.6 Å². The number of nitrogens with one attached hydrogen (secondary N) is 1. The molecule has 0 bridgehead atoms. The first-order valence-electron chi connectivity index (χ1n) is 8.43. The maximum absolute atomic E-state index is 12.9. The van der Waals surface area contributed by atoms with E-state index in [-0.39, 0.29) is 6.03 Å². The lowest BCUT2D eigenvalue weighted by Crippen LogP contribution is -2.39. The number of unbranched alkanes of at least 4 members (excludes halogenated alkanes) is 1. The minimum absolute atomic E-state index is 0.104. The van der Waals surface area contributed by atoms with Crippen molar-refractivity contribution in [3.63, 3.8) is 0 Å². The molecular weight excluding hydrogens is 372 g/mol. The number of fused-ring (bicyclic) bond motifs is 2. The normalized spacial score (nSPS) is 12.5. The number of hydrogen-bond acceptors (Lipinski definition) is 3. The Morgan fingerprint density at radius 3 is 2.80 bits per heavy atom. The first-order valence-corrected chi connectivity index (χ1v) is 10.8. The summed E-state index contributed by atoms with van der Waals surface area (Å²) in [5.74, 6) is 2.08. The molecule has 0 saturated heterocycles. The zero-order chi connectivity index (χ0) is 17.6. The summed E-state index contributed by atoms with van der Waals surface area (Å²) in [6.45, 7) is 2.85. The highest BCUT2D eigenvalue weighted by atomic mass is 35.5. The summed E-state index contributed by atoms with van der Waals surface area (Å²) >= 11 is 9.73. The molecule has 2 amide bonds. The fraction of sp³-hybridized carbons (Fsp3) is 0.316. The molecule has 2 aromatic carbocycles. The molecular formula is C19H21ClN2OS2. The van der Waals surface area contributed by atoms with Gasteiger partial charge in [-0.2, -0.15) is 11.8 Å². The second-order valence-corrected chi connectivity index (χ2v) is 8.46. The Morgan fingerprint density at radius 1 is 1.16 bits per heavy atom. The van der Waals surface area contributed by atoms with Crippen LogP contribution in [0.15, 0.2) is 52.3 Å². The lowest BCUT2D eigenvalue weighted by molar-refractivity contribution is 0.249. The summed E-state index contributed by atoms with van der Waals surface area (Å²) in [6, 6.07) is 13.5. The van der Waals surface area contributed by atoms with E-state index >= 15 is 0 Å². The minimum Gasteiger partial charge on any atom is -0.337 e. The number of amides is 2. The van der Waals surface area contributed by atoms with E-state index in [9.17, 15) is 4.79 Å². The van der Waals surface area contributed by atoms with Crippen LogP contribution in [0.25, 0.3) is 0 Å². The van der Waals surface area contributed by atoms with Crippen LogP contribution < -0.4 is 10.2 Å². The van der Waals surface area contributed by atoms with Crippen molar-refractivity contribution in [3.8, 4) is 0 Å². The van der Waals surface area contributed by atoms with E-state index in [1.165, 1.54) is 12.8 Å². The lowest BCUT2D eigenvalue weighted by Gasteiger charge is -2.31. The molecule has 0 spiro atoms. The Hall–Kier alpha value is -1.30. The molecule has 2 aromatic rings. The Labute approximate surface area is 162 Å². The number of nitrogens with zero attached hydrogens (tertiary/aromatic N) is 1. The van der Waals surface area contributed by atoms with Gasteiger partial charge in [0.15, 0.2) is 0 Å². The molecule has 132 valence electrons. The maximum Gasteiger partial charge on any atom is 0.326 e. The fourth-order valence-corrected chi connectivity index (χ4v) is 4.75. The van der Waals surface area contributed by atoms with Gasteiger partial charge in [-0.05, 0) is 42.5 Å². The van der Waals surface area contributed by atoms with Crippen LogP contribution in [0.2, 0.25) is 5.02 Å². The SMILES string of the molecule is CCCCSCCNC(=O)N1c2ccccc2Sc2ccc(Cl)cc21. The molecule has 0 aliphatic carbocycles. The number of carbonyl (C=O) groups is 1. The standard InChI is InChI=1S/C19H21ClN2OS2/c1-2-3-11-24-12-10-21-19(23)22-15-6-4-5-7-17(15)25-18-9-8-14(20)13-16(18)22/h4-9,13H,2-3,10-12H2,1H3,(H,21,23). The smallest absolute Gasteiger partial charge is 0.326 e. The Bertz CT molecular complexity index is 754. The van der Waals surface area contributed by atoms with Crippen LogP contribution >= 0.6 is 35.1 Å². The second kappa shape index (κ2) is 8.88. The fourth-order valence-electron chi connectivity index (χ4n) is 2.60. The molecule has 0 saturated carbocycles. The second-order valence-electron chi connectivity index (χ2n) is 5.72. The first-order chi connectivity index (χ1) is 12.2. The van der Waals surface area contributed by atoms with Crippen LogP contribution in [0.4, 0.5) is 16.2 Å². The summed E-state index contributed by atoms with van der Waals surface area (Å²) in [7, 11) is 0. The highest BCUT2D eigenvalue weighted by Crippen LogP contribution is 2.48. The topological polar surface area (TPSA) is 32.3 Å². The van der Waals surface area contributed by atoms with Gasteiger partial charge in [0.2, 0.25) is 0 Å². The van der Waals surface area contributed by atoms with Crippen molar-refractivity contribution in [2.75, 3.05) is 23.0 Å². The zero-order valence-corrected chi connectivity index (χ0v) is 16.5. The van der Waals surface area contributed by atoms with Gasteiger partial charge in [0.25, 0.3) is 0 Å². The van der Waals surface area contributed by atoms with E-state index < -0.39 is 0 Å². The molecule has 25 heavy (non-hydrogen) atoms. The van der Waals surface area contributed by atoms with Crippen molar-refractivity contribution in [2.24, 2.45) is 0 Å². The number of halogens is 1. The molecule has 6 heteroatoms. The summed E-state index contributed by atoms with van der Waals surface area (Å²) < 4.78 is 0. The van der Waals surface area contributed by atoms with Gasteiger partial charge in [0.05, 0.1) is 11.4 Å². The van der Waals surface area contributed by atoms with Gasteiger partial charge >= 0.3 is 6.03 Å². The number of anilines is 2. The van der Waals surface area contributed by atoms with Gasteiger partial charge in [-0.25, -0.2) is 4.79 Å². The Balaban J connectivity index is 1.75. The van der Waals surface area contributed by atoms with Crippen molar-refractivity contribution >= 4 is 52.5 Å². The van der Waals surface area contributed by atoms with E-state index in [2.05, 4.69) is 12.2 Å². The third-order valence-electron chi connectivity index (χ3n) is 3.86. The average molecular weight is 393 g/mol. The monoisotopic (exact) mass is 392 g/mol. The third kappa shape index (κ3) is 4.46. The Morgan fingerprint density at radius 2 is 1.96 bits per heavy atom. The van der Waals surface area contributed by atoms with Crippen molar-refractivity contribution in [1.82, 2.24) is 5.32 Å². The molecule has 0 atom stereocenters. The van der Waals surface area contributed by atoms with Crippen LogP contribution in [0, 0.1) is 0 Å². The highest BCUT2D eigenvalue weighted by Gasteiger charge is 2.28. The van der Waals surface area contributed by atoms with Crippen molar-refractivity contribution in [3.05, 3.63) is 47.5 Å². The van der Waals surface area contributed by atoms with Gasteiger partial charge in [-0.3, -0.25) is 4.90 Å². The van der Waals surface area contributed by atoms with E-state index in [0.29, 0.717) is 11.6 Å². The van der Waals surface area contributed by atoms with Gasteiger partial charge in [0.1, 0.15) is 0 Å². The first kappa shape index (κ1) is 18.5. The van der Waals surface area contributed by atoms with E-state index in [4.69, 9.17) is 11.6 Å². The lowest BCUT2D eigenvalue weighted by atomic mass is 10.2. The molecule has 0 unspecified atom stereocenters. The van der Waals surface area contributed by atoms with Crippen LogP contribution in [-0.4, -0.2) is 24.1 Å². The minimum atomic E-state index is -0.104. The molecule has 1 aliphatic heterocycles. The molecule has 1 aliphatic rings. The van der Waals surface area contributed by atoms with E-state index in [0.717, 1.165) is 32.7 Å². The van der Waals surface area contributed by atoms with Crippen molar-refractivity contribution in [1.29, 1.82) is 0 Å².